The molecule has 0 bridgehead atoms. The van der Waals surface area contributed by atoms with Gasteiger partial charge in [0, 0.05) is 38.6 Å². The van der Waals surface area contributed by atoms with Crippen LogP contribution in [0.5, 0.6) is 0 Å². The maximum absolute atomic E-state index is 7.29. The average Bonchev–Trinajstić information content (AvgIpc) is 3.80. The average molecular weight is 857 g/mol. The molecule has 0 saturated carbocycles. The Morgan fingerprint density at radius 3 is 1.94 bits per heavy atom. The summed E-state index contributed by atoms with van der Waals surface area (Å²) in [5.41, 5.74) is 21.0. The molecule has 4 heteroatoms. The summed E-state index contributed by atoms with van der Waals surface area (Å²) in [5.74, 6) is 0. The molecule has 0 atom stereocenters. The molecule has 6 aromatic carbocycles. The summed E-state index contributed by atoms with van der Waals surface area (Å²) in [6.45, 7) is 29.1. The summed E-state index contributed by atoms with van der Waals surface area (Å²) in [6, 6.07) is 35.8. The molecule has 0 unspecified atom stereocenters. The lowest BCUT2D eigenvalue weighted by atomic mass is 9.60. The van der Waals surface area contributed by atoms with E-state index >= 15 is 0 Å². The molecule has 2 aliphatic carbocycles. The zero-order valence-corrected chi connectivity index (χ0v) is 41.4. The first kappa shape index (κ1) is 42.4. The topological polar surface area (TPSA) is 30.1 Å². The third-order valence-corrected chi connectivity index (χ3v) is 16.7. The van der Waals surface area contributed by atoms with Crippen LogP contribution in [0.2, 0.25) is 0 Å². The van der Waals surface area contributed by atoms with Gasteiger partial charge in [-0.2, -0.15) is 0 Å². The Bertz CT molecular complexity index is 3250. The summed E-state index contributed by atoms with van der Waals surface area (Å²) >= 11 is 0. The van der Waals surface area contributed by atoms with Gasteiger partial charge in [-0.05, 0) is 163 Å². The third kappa shape index (κ3) is 6.58. The number of furan rings is 1. The third-order valence-electron chi connectivity index (χ3n) is 16.7. The molecule has 8 aromatic rings. The Kier molecular flexibility index (Phi) is 9.39. The molecule has 11 rings (SSSR count). The zero-order chi connectivity index (χ0) is 45.6. The van der Waals surface area contributed by atoms with E-state index in [2.05, 4.69) is 184 Å². The van der Waals surface area contributed by atoms with Gasteiger partial charge in [0.15, 0.2) is 0 Å². The fourth-order valence-corrected chi connectivity index (χ4v) is 12.4. The molecule has 3 heterocycles. The van der Waals surface area contributed by atoms with Crippen molar-refractivity contribution in [3.05, 3.63) is 124 Å². The largest absolute Gasteiger partial charge is 0.469 e. The van der Waals surface area contributed by atoms with Crippen molar-refractivity contribution in [1.29, 1.82) is 0 Å². The Hall–Kier alpha value is -5.22. The lowest BCUT2D eigenvalue weighted by molar-refractivity contribution is 0.332. The smallest absolute Gasteiger partial charge is 0.244 e. The van der Waals surface area contributed by atoms with Crippen LogP contribution in [0.4, 0.5) is 11.4 Å². The number of hydrogen-bond donors (Lipinski definition) is 1. The number of rotatable bonds is 7. The molecule has 0 fully saturated rings. The van der Waals surface area contributed by atoms with Gasteiger partial charge in [0.25, 0.3) is 0 Å². The second kappa shape index (κ2) is 14.4. The van der Waals surface area contributed by atoms with Gasteiger partial charge in [-0.1, -0.05) is 144 Å². The predicted octanol–water partition coefficient (Wildman–Crippen LogP) is 15.5. The van der Waals surface area contributed by atoms with Gasteiger partial charge < -0.3 is 14.3 Å². The SMILES string of the molecule is CCCCCc1ccc(Nc2cc3c(cc2-c2cc(C(C)(C)C)c4c5c6ccccc6ccc5n5c4c2Bc2oc4cc6c(cc4c2-5)C(C)(C)CCC6(C)C)C(C)(C)CCC3(C)C)cc1. The van der Waals surface area contributed by atoms with Crippen LogP contribution in [0.1, 0.15) is 161 Å². The highest BCUT2D eigenvalue weighted by atomic mass is 16.3. The molecule has 0 amide bonds. The number of fused-ring (bicyclic) bond motifs is 11. The van der Waals surface area contributed by atoms with E-state index in [1.165, 1.54) is 144 Å². The quantitative estimate of drug-likeness (QED) is 0.128. The Morgan fingerprint density at radius 2 is 1.28 bits per heavy atom. The van der Waals surface area contributed by atoms with Crippen molar-refractivity contribution in [2.45, 2.75) is 162 Å². The van der Waals surface area contributed by atoms with Gasteiger partial charge in [0.05, 0.1) is 16.9 Å². The highest BCUT2D eigenvalue weighted by Gasteiger charge is 2.42. The number of aromatic nitrogens is 1. The van der Waals surface area contributed by atoms with E-state index < -0.39 is 0 Å². The highest BCUT2D eigenvalue weighted by Crippen LogP contribution is 2.52. The van der Waals surface area contributed by atoms with Crippen LogP contribution in [-0.4, -0.2) is 11.8 Å². The van der Waals surface area contributed by atoms with Crippen molar-refractivity contribution in [3.8, 4) is 16.8 Å². The minimum absolute atomic E-state index is 0.0485. The molecule has 65 heavy (non-hydrogen) atoms. The maximum Gasteiger partial charge on any atom is 0.244 e. The van der Waals surface area contributed by atoms with Crippen molar-refractivity contribution in [1.82, 2.24) is 4.57 Å². The van der Waals surface area contributed by atoms with Gasteiger partial charge in [-0.25, -0.2) is 0 Å². The second-order valence-corrected chi connectivity index (χ2v) is 24.1. The molecule has 332 valence electrons. The second-order valence-electron chi connectivity index (χ2n) is 24.1. The first-order valence-electron chi connectivity index (χ1n) is 25.0. The van der Waals surface area contributed by atoms with Crippen LogP contribution in [0.3, 0.4) is 0 Å². The van der Waals surface area contributed by atoms with Crippen molar-refractivity contribution < 1.29 is 4.42 Å². The van der Waals surface area contributed by atoms with Crippen molar-refractivity contribution in [3.63, 3.8) is 0 Å². The first-order valence-corrected chi connectivity index (χ1v) is 25.0. The van der Waals surface area contributed by atoms with E-state index in [4.69, 9.17) is 4.42 Å². The number of aryl methyl sites for hydroxylation is 1. The number of unbranched alkanes of at least 4 members (excludes halogenated alkanes) is 2. The minimum Gasteiger partial charge on any atom is -0.469 e. The number of nitrogens with one attached hydrogen (secondary N) is 1. The van der Waals surface area contributed by atoms with Crippen molar-refractivity contribution >= 4 is 73.3 Å². The molecule has 2 aromatic heterocycles. The zero-order valence-electron chi connectivity index (χ0n) is 41.4. The highest BCUT2D eigenvalue weighted by molar-refractivity contribution is 6.73. The number of hydrogen-bond acceptors (Lipinski definition) is 2. The van der Waals surface area contributed by atoms with E-state index in [9.17, 15) is 0 Å². The van der Waals surface area contributed by atoms with E-state index in [1.807, 2.05) is 0 Å². The fraction of sp³-hybridized carbons (Fsp3) is 0.410. The minimum atomic E-state index is -0.145. The molecule has 1 aliphatic heterocycles. The summed E-state index contributed by atoms with van der Waals surface area (Å²) < 4.78 is 9.94. The Morgan fingerprint density at radius 1 is 0.646 bits per heavy atom. The van der Waals surface area contributed by atoms with Gasteiger partial charge in [0.2, 0.25) is 7.28 Å². The molecule has 1 N–H and O–H groups in total. The van der Waals surface area contributed by atoms with Gasteiger partial charge in [0.1, 0.15) is 5.58 Å². The molecule has 3 aliphatic rings. The van der Waals surface area contributed by atoms with Crippen LogP contribution < -0.4 is 16.4 Å². The number of anilines is 2. The monoisotopic (exact) mass is 857 g/mol. The number of benzene rings is 6. The van der Waals surface area contributed by atoms with Crippen LogP contribution in [-0.2, 0) is 33.5 Å². The summed E-state index contributed by atoms with van der Waals surface area (Å²) in [4.78, 5) is 0. The summed E-state index contributed by atoms with van der Waals surface area (Å²) in [7, 11) is 0.726. The van der Waals surface area contributed by atoms with Crippen molar-refractivity contribution in [2.75, 3.05) is 5.32 Å². The molecular formula is C61H69BN2O. The predicted molar refractivity (Wildman–Crippen MR) is 282 cm³/mol. The van der Waals surface area contributed by atoms with E-state index in [0.29, 0.717) is 0 Å². The maximum atomic E-state index is 7.29. The lowest BCUT2D eigenvalue weighted by Gasteiger charge is -2.42. The molecule has 0 spiro atoms. The molecular weight excluding hydrogens is 787 g/mol. The Labute approximate surface area is 388 Å². The van der Waals surface area contributed by atoms with E-state index in [0.717, 1.165) is 30.6 Å². The van der Waals surface area contributed by atoms with Crippen LogP contribution >= 0.6 is 0 Å². The van der Waals surface area contributed by atoms with Crippen LogP contribution in [0, 0.1) is 0 Å². The fourth-order valence-electron chi connectivity index (χ4n) is 12.4. The van der Waals surface area contributed by atoms with E-state index in [-0.39, 0.29) is 27.1 Å². The summed E-state index contributed by atoms with van der Waals surface area (Å²) in [5, 5.41) is 10.6. The first-order chi connectivity index (χ1) is 30.8. The standard InChI is InChI=1S/C61H69BN2O/c1-13-14-15-18-36-21-24-38(25-22-36)63-48-34-45-43(58(5,6)27-29-60(45,9)10)31-40(48)41-32-47(57(2,3)4)52-51-39-20-17-16-19-37(39)23-26-49(51)64-54-42-33-44-46(61(11,12)30-28-59(44,7)8)35-50(42)65-56(54)62-53(41)55(52)64/h16-17,19-26,31-35,62-63H,13-15,18,27-30H2,1-12H3. The van der Waals surface area contributed by atoms with Gasteiger partial charge in [-0.15, -0.1) is 0 Å². The molecule has 0 radical (unpaired) electrons. The van der Waals surface area contributed by atoms with Gasteiger partial charge >= 0.3 is 0 Å². The van der Waals surface area contributed by atoms with Crippen LogP contribution in [0.15, 0.2) is 95.4 Å². The summed E-state index contributed by atoms with van der Waals surface area (Å²) in [6.07, 6.45) is 9.57. The lowest BCUT2D eigenvalue weighted by Crippen LogP contribution is -2.37. The normalized spacial score (nSPS) is 17.8. The van der Waals surface area contributed by atoms with Crippen molar-refractivity contribution in [2.24, 2.45) is 0 Å². The Balaban J connectivity index is 1.25. The van der Waals surface area contributed by atoms with E-state index in [1.54, 1.807) is 0 Å². The number of nitrogens with zero attached hydrogens (tertiary/aromatic N) is 1. The van der Waals surface area contributed by atoms with Crippen LogP contribution in [0.25, 0.3) is 60.4 Å². The molecule has 0 saturated heterocycles. The molecule has 3 nitrogen and oxygen atoms in total. The van der Waals surface area contributed by atoms with Gasteiger partial charge in [-0.3, -0.25) is 0 Å².